The third-order valence-corrected chi connectivity index (χ3v) is 6.19. The molecule has 0 unspecified atom stereocenters. The Balaban J connectivity index is 1.57. The number of halogens is 2. The molecule has 0 saturated heterocycles. The van der Waals surface area contributed by atoms with Crippen LogP contribution in [0.3, 0.4) is 0 Å². The van der Waals surface area contributed by atoms with Crippen LogP contribution in [0.5, 0.6) is 11.5 Å². The van der Waals surface area contributed by atoms with Gasteiger partial charge in [0.05, 0.1) is 0 Å². The minimum absolute atomic E-state index is 0.0664. The van der Waals surface area contributed by atoms with Crippen LogP contribution >= 0.6 is 0 Å². The van der Waals surface area contributed by atoms with Crippen molar-refractivity contribution in [1.82, 2.24) is 14.6 Å². The van der Waals surface area contributed by atoms with Crippen molar-refractivity contribution in [2.75, 3.05) is 0 Å². The Morgan fingerprint density at radius 3 is 2.50 bits per heavy atom. The van der Waals surface area contributed by atoms with Crippen LogP contribution < -0.4 is 4.74 Å². The van der Waals surface area contributed by atoms with E-state index in [0.717, 1.165) is 31.2 Å². The Morgan fingerprint density at radius 1 is 1.00 bits per heavy atom. The highest BCUT2D eigenvalue weighted by Crippen LogP contribution is 2.61. The summed E-state index contributed by atoms with van der Waals surface area (Å²) in [5.41, 5.74) is 1.00. The van der Waals surface area contributed by atoms with E-state index in [1.54, 1.807) is 6.07 Å². The highest BCUT2D eigenvalue weighted by atomic mass is 19.2. The van der Waals surface area contributed by atoms with Crippen molar-refractivity contribution in [2.24, 2.45) is 5.41 Å². The SMILES string of the molecule is CC12CCC(c3nnc4c(Oc5cccc(F)c5F)cccn34)(CC1)C2. The van der Waals surface area contributed by atoms with Gasteiger partial charge in [0.1, 0.15) is 5.82 Å². The molecule has 0 amide bonds. The Kier molecular flexibility index (Phi) is 3.18. The van der Waals surface area contributed by atoms with Gasteiger partial charge >= 0.3 is 0 Å². The maximum absolute atomic E-state index is 14.0. The first-order valence-electron chi connectivity index (χ1n) is 8.96. The second kappa shape index (κ2) is 5.25. The summed E-state index contributed by atoms with van der Waals surface area (Å²) < 4.78 is 35.0. The summed E-state index contributed by atoms with van der Waals surface area (Å²) in [6, 6.07) is 7.40. The number of benzene rings is 1. The van der Waals surface area contributed by atoms with Crippen LogP contribution in [-0.2, 0) is 5.41 Å². The Morgan fingerprint density at radius 2 is 1.77 bits per heavy atom. The molecule has 2 fully saturated rings. The normalized spacial score (nSPS) is 27.3. The largest absolute Gasteiger partial charge is 0.450 e. The van der Waals surface area contributed by atoms with Crippen molar-refractivity contribution in [3.8, 4) is 11.5 Å². The van der Waals surface area contributed by atoms with Crippen molar-refractivity contribution in [2.45, 2.75) is 44.4 Å². The maximum atomic E-state index is 14.0. The van der Waals surface area contributed by atoms with Gasteiger partial charge in [0.15, 0.2) is 17.3 Å². The molecular formula is C20H19F2N3O. The standard InChI is InChI=1S/C20H19F2N3O/c1-19-7-9-20(12-19,10-8-19)18-24-23-17-15(6-3-11-25(17)18)26-14-5-2-4-13(21)16(14)22/h2-6,11H,7-10,12H2,1H3. The fourth-order valence-corrected chi connectivity index (χ4v) is 4.82. The van der Waals surface area contributed by atoms with Crippen molar-refractivity contribution in [3.05, 3.63) is 54.0 Å². The molecule has 6 heteroatoms. The van der Waals surface area contributed by atoms with E-state index in [1.165, 1.54) is 25.0 Å². The van der Waals surface area contributed by atoms with Crippen LogP contribution in [0.25, 0.3) is 5.65 Å². The van der Waals surface area contributed by atoms with Gasteiger partial charge in [-0.1, -0.05) is 13.0 Å². The first-order chi connectivity index (χ1) is 12.5. The predicted octanol–water partition coefficient (Wildman–Crippen LogP) is 5.02. The van der Waals surface area contributed by atoms with Crippen LogP contribution in [0, 0.1) is 17.0 Å². The zero-order valence-corrected chi connectivity index (χ0v) is 14.5. The number of rotatable bonds is 3. The lowest BCUT2D eigenvalue weighted by Gasteiger charge is -2.24. The highest BCUT2D eigenvalue weighted by Gasteiger charge is 2.54. The molecule has 2 bridgehead atoms. The van der Waals surface area contributed by atoms with Crippen molar-refractivity contribution in [1.29, 1.82) is 0 Å². The van der Waals surface area contributed by atoms with Crippen LogP contribution in [-0.4, -0.2) is 14.6 Å². The van der Waals surface area contributed by atoms with Crippen molar-refractivity contribution >= 4 is 5.65 Å². The quantitative estimate of drug-likeness (QED) is 0.662. The maximum Gasteiger partial charge on any atom is 0.203 e. The van der Waals surface area contributed by atoms with Crippen molar-refractivity contribution < 1.29 is 13.5 Å². The monoisotopic (exact) mass is 355 g/mol. The van der Waals surface area contributed by atoms with Crippen LogP contribution in [0.15, 0.2) is 36.5 Å². The van der Waals surface area contributed by atoms with E-state index in [0.29, 0.717) is 16.8 Å². The van der Waals surface area contributed by atoms with Gasteiger partial charge in [-0.05, 0) is 61.8 Å². The smallest absolute Gasteiger partial charge is 0.203 e. The lowest BCUT2D eigenvalue weighted by molar-refractivity contribution is 0.325. The molecule has 5 rings (SSSR count). The molecule has 4 nitrogen and oxygen atoms in total. The minimum Gasteiger partial charge on any atom is -0.450 e. The first kappa shape index (κ1) is 15.7. The zero-order chi connectivity index (χ0) is 17.9. The molecule has 2 aliphatic carbocycles. The number of hydrogen-bond donors (Lipinski definition) is 0. The molecule has 3 aromatic rings. The van der Waals surface area contributed by atoms with E-state index in [2.05, 4.69) is 17.1 Å². The number of pyridine rings is 1. The van der Waals surface area contributed by atoms with E-state index in [4.69, 9.17) is 4.74 Å². The molecule has 0 spiro atoms. The van der Waals surface area contributed by atoms with Gasteiger partial charge < -0.3 is 4.74 Å². The molecule has 2 aliphatic rings. The van der Waals surface area contributed by atoms with E-state index >= 15 is 0 Å². The van der Waals surface area contributed by atoms with Gasteiger partial charge in [0.25, 0.3) is 0 Å². The zero-order valence-electron chi connectivity index (χ0n) is 14.5. The third kappa shape index (κ3) is 2.17. The molecule has 0 N–H and O–H groups in total. The molecule has 2 heterocycles. The van der Waals surface area contributed by atoms with Crippen LogP contribution in [0.4, 0.5) is 8.78 Å². The lowest BCUT2D eigenvalue weighted by atomic mass is 9.82. The lowest BCUT2D eigenvalue weighted by Crippen LogP contribution is -2.23. The topological polar surface area (TPSA) is 39.4 Å². The molecule has 1 aromatic carbocycles. The van der Waals surface area contributed by atoms with Crippen LogP contribution in [0.1, 0.15) is 44.9 Å². The van der Waals surface area contributed by atoms with Gasteiger partial charge in [-0.2, -0.15) is 4.39 Å². The predicted molar refractivity (Wildman–Crippen MR) is 92.3 cm³/mol. The van der Waals surface area contributed by atoms with Gasteiger partial charge in [0.2, 0.25) is 11.5 Å². The summed E-state index contributed by atoms with van der Waals surface area (Å²) in [5, 5.41) is 8.80. The number of hydrogen-bond acceptors (Lipinski definition) is 3. The fraction of sp³-hybridized carbons (Fsp3) is 0.400. The van der Waals surface area contributed by atoms with E-state index in [1.807, 2.05) is 16.7 Å². The number of fused-ring (bicyclic) bond motifs is 3. The number of nitrogens with zero attached hydrogens (tertiary/aromatic N) is 3. The van der Waals surface area contributed by atoms with E-state index in [-0.39, 0.29) is 11.2 Å². The summed E-state index contributed by atoms with van der Waals surface area (Å²) >= 11 is 0. The molecule has 26 heavy (non-hydrogen) atoms. The summed E-state index contributed by atoms with van der Waals surface area (Å²) in [6.07, 6.45) is 7.72. The molecule has 2 saturated carbocycles. The molecule has 2 aromatic heterocycles. The highest BCUT2D eigenvalue weighted by molar-refractivity contribution is 5.55. The second-order valence-corrected chi connectivity index (χ2v) is 8.01. The Hall–Kier alpha value is -2.50. The molecular weight excluding hydrogens is 336 g/mol. The van der Waals surface area contributed by atoms with Gasteiger partial charge in [0, 0.05) is 11.6 Å². The third-order valence-electron chi connectivity index (χ3n) is 6.19. The van der Waals surface area contributed by atoms with Gasteiger partial charge in [-0.25, -0.2) is 4.39 Å². The molecule has 0 radical (unpaired) electrons. The molecule has 0 atom stereocenters. The summed E-state index contributed by atoms with van der Waals surface area (Å²) in [7, 11) is 0. The number of ether oxygens (including phenoxy) is 1. The Bertz CT molecular complexity index is 1010. The second-order valence-electron chi connectivity index (χ2n) is 8.01. The summed E-state index contributed by atoms with van der Waals surface area (Å²) in [4.78, 5) is 0. The minimum atomic E-state index is -1.00. The summed E-state index contributed by atoms with van der Waals surface area (Å²) in [5.74, 6) is -0.776. The molecule has 0 aliphatic heterocycles. The van der Waals surface area contributed by atoms with Gasteiger partial charge in [-0.15, -0.1) is 10.2 Å². The average molecular weight is 355 g/mol. The van der Waals surface area contributed by atoms with E-state index in [9.17, 15) is 8.78 Å². The summed E-state index contributed by atoms with van der Waals surface area (Å²) in [6.45, 7) is 2.35. The average Bonchev–Trinajstić information content (AvgIpc) is 3.30. The first-order valence-corrected chi connectivity index (χ1v) is 8.96. The Labute approximate surface area is 149 Å². The van der Waals surface area contributed by atoms with Crippen molar-refractivity contribution in [3.63, 3.8) is 0 Å². The number of aromatic nitrogens is 3. The fourth-order valence-electron chi connectivity index (χ4n) is 4.82. The van der Waals surface area contributed by atoms with Crippen LogP contribution in [0.2, 0.25) is 0 Å². The molecule has 134 valence electrons. The van der Waals surface area contributed by atoms with E-state index < -0.39 is 11.6 Å². The van der Waals surface area contributed by atoms with Gasteiger partial charge in [-0.3, -0.25) is 4.40 Å².